The number of hydrogen-bond donors (Lipinski definition) is 2. The molecule has 2 amide bonds. The molecule has 1 aliphatic heterocycles. The number of benzene rings is 1. The lowest BCUT2D eigenvalue weighted by atomic mass is 10.1. The van der Waals surface area contributed by atoms with Gasteiger partial charge in [-0.3, -0.25) is 0 Å². The Kier molecular flexibility index (Phi) is 6.63. The topological polar surface area (TPSA) is 50.4 Å². The van der Waals surface area contributed by atoms with Gasteiger partial charge in [0.2, 0.25) is 0 Å². The molecule has 1 heterocycles. The van der Waals surface area contributed by atoms with Crippen LogP contribution in [-0.4, -0.2) is 31.8 Å². The first-order valence-corrected chi connectivity index (χ1v) is 7.52. The molecule has 2 N–H and O–H groups in total. The van der Waals surface area contributed by atoms with E-state index >= 15 is 0 Å². The third-order valence-electron chi connectivity index (χ3n) is 3.37. The van der Waals surface area contributed by atoms with Crippen molar-refractivity contribution in [3.8, 4) is 11.8 Å². The smallest absolute Gasteiger partial charge is 0.315 e. The van der Waals surface area contributed by atoms with Crippen molar-refractivity contribution in [1.29, 1.82) is 0 Å². The molecule has 0 bridgehead atoms. The maximum absolute atomic E-state index is 11.6. The average molecular weight is 286 g/mol. The van der Waals surface area contributed by atoms with Crippen LogP contribution in [0.4, 0.5) is 4.79 Å². The number of nitrogens with one attached hydrogen (secondary N) is 2. The molecule has 112 valence electrons. The first kappa shape index (κ1) is 15.4. The number of amides is 2. The molecule has 0 aliphatic carbocycles. The summed E-state index contributed by atoms with van der Waals surface area (Å²) in [6, 6.07) is 9.55. The van der Waals surface area contributed by atoms with E-state index in [0.717, 1.165) is 31.4 Å². The van der Waals surface area contributed by atoms with Crippen LogP contribution in [0.25, 0.3) is 0 Å². The quantitative estimate of drug-likeness (QED) is 0.834. The standard InChI is InChI=1S/C17H22N2O2/c20-17(19-13-11-16-10-4-5-14-21-16)18-12-6-9-15-7-2-1-3-8-15/h1-3,7-8,16H,4-5,10-14H2,(H2,18,19,20)/t16-/m1/s1. The van der Waals surface area contributed by atoms with E-state index in [4.69, 9.17) is 4.74 Å². The highest BCUT2D eigenvalue weighted by molar-refractivity contribution is 5.74. The van der Waals surface area contributed by atoms with Crippen molar-refractivity contribution in [1.82, 2.24) is 10.6 Å². The Bertz CT molecular complexity index is 485. The van der Waals surface area contributed by atoms with Crippen LogP contribution in [0.1, 0.15) is 31.2 Å². The van der Waals surface area contributed by atoms with Crippen molar-refractivity contribution >= 4 is 6.03 Å². The van der Waals surface area contributed by atoms with Crippen LogP contribution in [-0.2, 0) is 4.74 Å². The summed E-state index contributed by atoms with van der Waals surface area (Å²) in [4.78, 5) is 11.6. The molecule has 1 saturated heterocycles. The Labute approximate surface area is 126 Å². The summed E-state index contributed by atoms with van der Waals surface area (Å²) in [5.41, 5.74) is 0.953. The fourth-order valence-electron chi connectivity index (χ4n) is 2.24. The van der Waals surface area contributed by atoms with Gasteiger partial charge < -0.3 is 15.4 Å². The lowest BCUT2D eigenvalue weighted by Gasteiger charge is -2.22. The second-order valence-corrected chi connectivity index (χ2v) is 5.05. The van der Waals surface area contributed by atoms with Crippen molar-refractivity contribution in [3.05, 3.63) is 35.9 Å². The van der Waals surface area contributed by atoms with Crippen molar-refractivity contribution in [2.75, 3.05) is 19.7 Å². The van der Waals surface area contributed by atoms with Gasteiger partial charge in [0.1, 0.15) is 0 Å². The maximum atomic E-state index is 11.6. The molecule has 1 aliphatic rings. The number of carbonyl (C=O) groups excluding carboxylic acids is 1. The molecular weight excluding hydrogens is 264 g/mol. The summed E-state index contributed by atoms with van der Waals surface area (Å²) in [5.74, 6) is 5.92. The highest BCUT2D eigenvalue weighted by atomic mass is 16.5. The van der Waals surface area contributed by atoms with Gasteiger partial charge in [0.15, 0.2) is 0 Å². The van der Waals surface area contributed by atoms with Gasteiger partial charge in [-0.2, -0.15) is 0 Å². The Hall–Kier alpha value is -1.99. The number of ether oxygens (including phenoxy) is 1. The van der Waals surface area contributed by atoms with Gasteiger partial charge in [-0.15, -0.1) is 0 Å². The Morgan fingerprint density at radius 2 is 2.10 bits per heavy atom. The first-order valence-electron chi connectivity index (χ1n) is 7.52. The van der Waals surface area contributed by atoms with Crippen molar-refractivity contribution < 1.29 is 9.53 Å². The van der Waals surface area contributed by atoms with E-state index in [9.17, 15) is 4.79 Å². The van der Waals surface area contributed by atoms with Crippen LogP contribution in [0.2, 0.25) is 0 Å². The van der Waals surface area contributed by atoms with Crippen molar-refractivity contribution in [2.45, 2.75) is 31.8 Å². The molecule has 1 aromatic carbocycles. The second kappa shape index (κ2) is 9.04. The zero-order valence-corrected chi connectivity index (χ0v) is 12.2. The summed E-state index contributed by atoms with van der Waals surface area (Å²) in [5, 5.41) is 5.56. The second-order valence-electron chi connectivity index (χ2n) is 5.05. The molecule has 1 atom stereocenters. The van der Waals surface area contributed by atoms with Gasteiger partial charge in [0.25, 0.3) is 0 Å². The Morgan fingerprint density at radius 3 is 2.86 bits per heavy atom. The van der Waals surface area contributed by atoms with Gasteiger partial charge in [-0.1, -0.05) is 30.0 Å². The molecule has 0 radical (unpaired) electrons. The van der Waals surface area contributed by atoms with E-state index in [1.807, 2.05) is 30.3 Å². The van der Waals surface area contributed by atoms with Gasteiger partial charge in [0, 0.05) is 18.7 Å². The molecule has 0 spiro atoms. The van der Waals surface area contributed by atoms with Crippen molar-refractivity contribution in [3.63, 3.8) is 0 Å². The van der Waals surface area contributed by atoms with E-state index in [1.165, 1.54) is 6.42 Å². The van der Waals surface area contributed by atoms with Gasteiger partial charge in [-0.05, 0) is 37.8 Å². The van der Waals surface area contributed by atoms with Gasteiger partial charge >= 0.3 is 6.03 Å². The Morgan fingerprint density at radius 1 is 1.24 bits per heavy atom. The summed E-state index contributed by atoms with van der Waals surface area (Å²) in [6.07, 6.45) is 4.67. The summed E-state index contributed by atoms with van der Waals surface area (Å²) < 4.78 is 5.61. The predicted octanol–water partition coefficient (Wildman–Crippen LogP) is 2.30. The number of urea groups is 1. The molecule has 0 unspecified atom stereocenters. The molecule has 1 fully saturated rings. The van der Waals surface area contributed by atoms with Crippen LogP contribution >= 0.6 is 0 Å². The normalized spacial score (nSPS) is 17.4. The number of hydrogen-bond acceptors (Lipinski definition) is 2. The van der Waals surface area contributed by atoms with Crippen LogP contribution < -0.4 is 10.6 Å². The van der Waals surface area contributed by atoms with Gasteiger partial charge in [-0.25, -0.2) is 4.79 Å². The lowest BCUT2D eigenvalue weighted by Crippen LogP contribution is -2.37. The SMILES string of the molecule is O=C(NCC#Cc1ccccc1)NCC[C@H]1CCCCO1. The first-order chi connectivity index (χ1) is 10.3. The molecule has 4 heteroatoms. The molecule has 1 aromatic rings. The molecular formula is C17H22N2O2. The van der Waals surface area contributed by atoms with Crippen LogP contribution in [0, 0.1) is 11.8 Å². The van der Waals surface area contributed by atoms with E-state index in [-0.39, 0.29) is 6.03 Å². The minimum atomic E-state index is -0.173. The van der Waals surface area contributed by atoms with Crippen LogP contribution in [0.5, 0.6) is 0 Å². The lowest BCUT2D eigenvalue weighted by molar-refractivity contribution is 0.0120. The molecule has 2 rings (SSSR count). The maximum Gasteiger partial charge on any atom is 0.315 e. The summed E-state index contributed by atoms with van der Waals surface area (Å²) in [6.45, 7) is 1.84. The van der Waals surface area contributed by atoms with E-state index in [2.05, 4.69) is 22.5 Å². The van der Waals surface area contributed by atoms with E-state index in [1.54, 1.807) is 0 Å². The summed E-state index contributed by atoms with van der Waals surface area (Å²) >= 11 is 0. The molecule has 21 heavy (non-hydrogen) atoms. The molecule has 0 saturated carbocycles. The molecule has 0 aromatic heterocycles. The minimum Gasteiger partial charge on any atom is -0.378 e. The van der Waals surface area contributed by atoms with Crippen LogP contribution in [0.15, 0.2) is 30.3 Å². The van der Waals surface area contributed by atoms with E-state index < -0.39 is 0 Å². The highest BCUT2D eigenvalue weighted by Crippen LogP contribution is 2.14. The summed E-state index contributed by atoms with van der Waals surface area (Å²) in [7, 11) is 0. The monoisotopic (exact) mass is 286 g/mol. The zero-order chi connectivity index (χ0) is 14.8. The van der Waals surface area contributed by atoms with Gasteiger partial charge in [0.05, 0.1) is 12.6 Å². The van der Waals surface area contributed by atoms with Crippen LogP contribution in [0.3, 0.4) is 0 Å². The fraction of sp³-hybridized carbons (Fsp3) is 0.471. The average Bonchev–Trinajstić information content (AvgIpc) is 2.54. The number of carbonyl (C=O) groups is 1. The minimum absolute atomic E-state index is 0.173. The van der Waals surface area contributed by atoms with Crippen molar-refractivity contribution in [2.24, 2.45) is 0 Å². The third kappa shape index (κ3) is 6.33. The largest absolute Gasteiger partial charge is 0.378 e. The zero-order valence-electron chi connectivity index (χ0n) is 12.2. The Balaban J connectivity index is 1.56. The van der Waals surface area contributed by atoms with E-state index in [0.29, 0.717) is 19.2 Å². The predicted molar refractivity (Wildman–Crippen MR) is 82.9 cm³/mol. The molecule has 4 nitrogen and oxygen atoms in total. The fourth-order valence-corrected chi connectivity index (χ4v) is 2.24. The highest BCUT2D eigenvalue weighted by Gasteiger charge is 2.13. The number of rotatable bonds is 4. The third-order valence-corrected chi connectivity index (χ3v) is 3.37.